The van der Waals surface area contributed by atoms with Gasteiger partial charge in [0.25, 0.3) is 11.8 Å². The zero-order valence-corrected chi connectivity index (χ0v) is 23.0. The average molecular weight is 563 g/mol. The first-order valence-electron chi connectivity index (χ1n) is 12.4. The van der Waals surface area contributed by atoms with Crippen molar-refractivity contribution < 1.29 is 19.1 Å². The maximum Gasteiger partial charge on any atom is 0.265 e. The lowest BCUT2D eigenvalue weighted by Crippen LogP contribution is -2.30. The predicted octanol–water partition coefficient (Wildman–Crippen LogP) is 7.40. The lowest BCUT2D eigenvalue weighted by molar-refractivity contribution is -0.122. The lowest BCUT2D eigenvalue weighted by atomic mass is 10.0. The summed E-state index contributed by atoms with van der Waals surface area (Å²) in [6.07, 6.45) is -0.732. The molecule has 8 heteroatoms. The normalized spacial score (nSPS) is 12.2. The Balaban J connectivity index is 1.27. The zero-order valence-electron chi connectivity index (χ0n) is 21.5. The Bertz CT molecular complexity index is 1320. The number of anilines is 2. The van der Waals surface area contributed by atoms with E-state index in [1.165, 1.54) is 0 Å². The Hall–Kier alpha value is -4.00. The third-order valence-electron chi connectivity index (χ3n) is 5.87. The SMILES string of the molecule is CC(Oc1ccccc1Cl)C(=O)Nc1ccc(Cc2ccc(NC(=O)C(C)Oc3ccccc3Cl)cc2)cc1. The van der Waals surface area contributed by atoms with Crippen molar-refractivity contribution in [3.05, 3.63) is 118 Å². The number of nitrogens with one attached hydrogen (secondary N) is 2. The van der Waals surface area contributed by atoms with Gasteiger partial charge in [0.1, 0.15) is 11.5 Å². The molecule has 2 atom stereocenters. The fraction of sp³-hybridized carbons (Fsp3) is 0.161. The number of carbonyl (C=O) groups excluding carboxylic acids is 2. The van der Waals surface area contributed by atoms with E-state index >= 15 is 0 Å². The van der Waals surface area contributed by atoms with Crippen LogP contribution in [0.4, 0.5) is 11.4 Å². The number of carbonyl (C=O) groups is 2. The van der Waals surface area contributed by atoms with E-state index in [0.717, 1.165) is 11.1 Å². The Morgan fingerprint density at radius 2 is 0.974 bits per heavy atom. The average Bonchev–Trinajstić information content (AvgIpc) is 2.93. The Labute approximate surface area is 237 Å². The molecule has 2 amide bonds. The van der Waals surface area contributed by atoms with E-state index in [-0.39, 0.29) is 11.8 Å². The summed E-state index contributed by atoms with van der Waals surface area (Å²) in [5.41, 5.74) is 3.49. The van der Waals surface area contributed by atoms with Crippen LogP contribution in [0.25, 0.3) is 0 Å². The van der Waals surface area contributed by atoms with Gasteiger partial charge in [0.2, 0.25) is 0 Å². The minimum atomic E-state index is -0.714. The van der Waals surface area contributed by atoms with Gasteiger partial charge in [0.05, 0.1) is 10.0 Å². The maximum atomic E-state index is 12.5. The minimum absolute atomic E-state index is 0.271. The molecule has 0 saturated carbocycles. The molecule has 4 aromatic rings. The molecule has 0 radical (unpaired) electrons. The molecule has 0 fully saturated rings. The number of ether oxygens (including phenoxy) is 2. The van der Waals surface area contributed by atoms with Gasteiger partial charge in [-0.1, -0.05) is 71.7 Å². The highest BCUT2D eigenvalue weighted by Crippen LogP contribution is 2.26. The molecule has 0 aliphatic rings. The van der Waals surface area contributed by atoms with Gasteiger partial charge in [-0.15, -0.1) is 0 Å². The number of hydrogen-bond donors (Lipinski definition) is 2. The fourth-order valence-electron chi connectivity index (χ4n) is 3.70. The highest BCUT2D eigenvalue weighted by molar-refractivity contribution is 6.32. The van der Waals surface area contributed by atoms with Gasteiger partial charge in [0, 0.05) is 11.4 Å². The summed E-state index contributed by atoms with van der Waals surface area (Å²) in [5.74, 6) is 0.379. The maximum absolute atomic E-state index is 12.5. The highest BCUT2D eigenvalue weighted by Gasteiger charge is 2.17. The monoisotopic (exact) mass is 562 g/mol. The van der Waals surface area contributed by atoms with Crippen LogP contribution in [-0.2, 0) is 16.0 Å². The molecule has 0 bridgehead atoms. The summed E-state index contributed by atoms with van der Waals surface area (Å²) in [5, 5.41) is 6.63. The molecule has 2 N–H and O–H groups in total. The summed E-state index contributed by atoms with van der Waals surface area (Å²) >= 11 is 12.2. The Morgan fingerprint density at radius 1 is 0.615 bits per heavy atom. The van der Waals surface area contributed by atoms with Crippen molar-refractivity contribution in [1.29, 1.82) is 0 Å². The fourth-order valence-corrected chi connectivity index (χ4v) is 4.06. The first-order valence-corrected chi connectivity index (χ1v) is 13.2. The second-order valence-electron chi connectivity index (χ2n) is 8.93. The molecule has 0 heterocycles. The van der Waals surface area contributed by atoms with E-state index in [0.29, 0.717) is 39.3 Å². The molecule has 0 aliphatic carbocycles. The van der Waals surface area contributed by atoms with Crippen molar-refractivity contribution in [2.75, 3.05) is 10.6 Å². The summed E-state index contributed by atoms with van der Waals surface area (Å²) in [6, 6.07) is 29.3. The molecule has 0 saturated heterocycles. The van der Waals surface area contributed by atoms with Crippen molar-refractivity contribution in [2.24, 2.45) is 0 Å². The van der Waals surface area contributed by atoms with Gasteiger partial charge < -0.3 is 20.1 Å². The highest BCUT2D eigenvalue weighted by atomic mass is 35.5. The quantitative estimate of drug-likeness (QED) is 0.211. The summed E-state index contributed by atoms with van der Waals surface area (Å²) in [6.45, 7) is 3.34. The van der Waals surface area contributed by atoms with Gasteiger partial charge in [-0.3, -0.25) is 9.59 Å². The molecule has 6 nitrogen and oxygen atoms in total. The third-order valence-corrected chi connectivity index (χ3v) is 6.49. The molecule has 4 aromatic carbocycles. The van der Waals surface area contributed by atoms with Crippen molar-refractivity contribution in [3.63, 3.8) is 0 Å². The van der Waals surface area contributed by atoms with Crippen molar-refractivity contribution in [1.82, 2.24) is 0 Å². The number of rotatable bonds is 10. The molecule has 2 unspecified atom stereocenters. The molecule has 39 heavy (non-hydrogen) atoms. The van der Waals surface area contributed by atoms with E-state index < -0.39 is 12.2 Å². The molecule has 200 valence electrons. The van der Waals surface area contributed by atoms with Crippen LogP contribution >= 0.6 is 23.2 Å². The van der Waals surface area contributed by atoms with Crippen molar-refractivity contribution >= 4 is 46.4 Å². The van der Waals surface area contributed by atoms with Gasteiger partial charge >= 0.3 is 0 Å². The zero-order chi connectivity index (χ0) is 27.8. The Morgan fingerprint density at radius 3 is 1.33 bits per heavy atom. The van der Waals surface area contributed by atoms with Crippen LogP contribution in [-0.4, -0.2) is 24.0 Å². The van der Waals surface area contributed by atoms with Crippen molar-refractivity contribution in [3.8, 4) is 11.5 Å². The number of para-hydroxylation sites is 2. The van der Waals surface area contributed by atoms with Crippen LogP contribution < -0.4 is 20.1 Å². The predicted molar refractivity (Wildman–Crippen MR) is 156 cm³/mol. The lowest BCUT2D eigenvalue weighted by Gasteiger charge is -2.16. The van der Waals surface area contributed by atoms with Gasteiger partial charge in [-0.25, -0.2) is 0 Å². The van der Waals surface area contributed by atoms with E-state index in [9.17, 15) is 9.59 Å². The van der Waals surface area contributed by atoms with Crippen LogP contribution in [0.3, 0.4) is 0 Å². The third kappa shape index (κ3) is 7.99. The first kappa shape index (κ1) is 28.0. The number of benzene rings is 4. The number of halogens is 2. The standard InChI is InChI=1S/C31H28Cl2N2O4/c1-20(38-28-9-5-3-7-26(28)32)30(36)34-24-15-11-22(12-16-24)19-23-13-17-25(18-14-23)35-31(37)21(2)39-29-10-6-4-8-27(29)33/h3-18,20-21H,19H2,1-2H3,(H,34,36)(H,35,37). The smallest absolute Gasteiger partial charge is 0.265 e. The van der Waals surface area contributed by atoms with Gasteiger partial charge in [-0.2, -0.15) is 0 Å². The number of hydrogen-bond acceptors (Lipinski definition) is 4. The molecule has 4 rings (SSSR count). The van der Waals surface area contributed by atoms with Crippen molar-refractivity contribution in [2.45, 2.75) is 32.5 Å². The minimum Gasteiger partial charge on any atom is -0.479 e. The van der Waals surface area contributed by atoms with E-state index in [1.807, 2.05) is 48.5 Å². The molecule has 0 aromatic heterocycles. The summed E-state index contributed by atoms with van der Waals surface area (Å²) in [7, 11) is 0. The summed E-state index contributed by atoms with van der Waals surface area (Å²) < 4.78 is 11.4. The molecule has 0 aliphatic heterocycles. The second kappa shape index (κ2) is 13.2. The van der Waals surface area contributed by atoms with E-state index in [4.69, 9.17) is 32.7 Å². The largest absolute Gasteiger partial charge is 0.479 e. The molecule has 0 spiro atoms. The molecular weight excluding hydrogens is 535 g/mol. The van der Waals surface area contributed by atoms with E-state index in [1.54, 1.807) is 62.4 Å². The van der Waals surface area contributed by atoms with Crippen LogP contribution in [0.5, 0.6) is 11.5 Å². The summed E-state index contributed by atoms with van der Waals surface area (Å²) in [4.78, 5) is 25.1. The Kier molecular flexibility index (Phi) is 9.47. The number of amides is 2. The first-order chi connectivity index (χ1) is 18.8. The van der Waals surface area contributed by atoms with Crippen LogP contribution in [0, 0.1) is 0 Å². The molecular formula is C31H28Cl2N2O4. The van der Waals surface area contributed by atoms with Gasteiger partial charge in [-0.05, 0) is 79.9 Å². The van der Waals surface area contributed by atoms with Gasteiger partial charge in [0.15, 0.2) is 12.2 Å². The topological polar surface area (TPSA) is 76.7 Å². The second-order valence-corrected chi connectivity index (χ2v) is 9.74. The van der Waals surface area contributed by atoms with Crippen LogP contribution in [0.2, 0.25) is 10.0 Å². The van der Waals surface area contributed by atoms with Crippen LogP contribution in [0.1, 0.15) is 25.0 Å². The van der Waals surface area contributed by atoms with E-state index in [2.05, 4.69) is 10.6 Å². The van der Waals surface area contributed by atoms with Crippen LogP contribution in [0.15, 0.2) is 97.1 Å².